The number of nitrogens with zero attached hydrogens (tertiary/aromatic N) is 1. The van der Waals surface area contributed by atoms with Crippen molar-refractivity contribution in [1.29, 1.82) is 0 Å². The van der Waals surface area contributed by atoms with Crippen LogP contribution in [0.1, 0.15) is 99.8 Å². The molecule has 0 saturated carbocycles. The predicted molar refractivity (Wildman–Crippen MR) is 145 cm³/mol. The van der Waals surface area contributed by atoms with Crippen molar-refractivity contribution in [2.75, 3.05) is 26.2 Å². The van der Waals surface area contributed by atoms with Gasteiger partial charge < -0.3 is 14.7 Å². The first-order valence-electron chi connectivity index (χ1n) is 13.4. The van der Waals surface area contributed by atoms with E-state index in [2.05, 4.69) is 27.7 Å². The highest BCUT2D eigenvalue weighted by Gasteiger charge is 2.24. The molecular weight excluding hydrogens is 438 g/mol. The first-order chi connectivity index (χ1) is 16.9. The lowest BCUT2D eigenvalue weighted by molar-refractivity contribution is -0.929. The number of hydrogen-bond acceptors (Lipinski definition) is 2. The van der Waals surface area contributed by atoms with Crippen LogP contribution in [-0.2, 0) is 0 Å². The molecule has 5 nitrogen and oxygen atoms in total. The molecule has 0 aliphatic carbocycles. The van der Waals surface area contributed by atoms with E-state index in [-0.39, 0.29) is 11.1 Å². The molecular formula is C30H46NO4+. The van der Waals surface area contributed by atoms with Crippen molar-refractivity contribution in [3.8, 4) is 11.1 Å². The zero-order valence-electron chi connectivity index (χ0n) is 22.3. The van der Waals surface area contributed by atoms with Crippen LogP contribution in [0.25, 0.3) is 11.1 Å². The summed E-state index contributed by atoms with van der Waals surface area (Å²) >= 11 is 0. The molecule has 35 heavy (non-hydrogen) atoms. The van der Waals surface area contributed by atoms with Crippen LogP contribution in [0.2, 0.25) is 0 Å². The maximum absolute atomic E-state index is 11.1. The standard InChI is InChI=1S/C16H36N.C14H10O4/c1-5-9-13-17(14-10-6-2,15-11-7-3)16-12-8-4;15-13(16)11-7-3-1-5-9(11)10-6-2-4-8-12(10)14(17)18/h5-16H2,1-4H3;1-8H,(H,15,16)(H,17,18)/q+1;. The van der Waals surface area contributed by atoms with Crippen molar-refractivity contribution >= 4 is 11.9 Å². The quantitative estimate of drug-likeness (QED) is 0.253. The van der Waals surface area contributed by atoms with E-state index >= 15 is 0 Å². The third-order valence-corrected chi connectivity index (χ3v) is 6.55. The average Bonchev–Trinajstić information content (AvgIpc) is 2.88. The summed E-state index contributed by atoms with van der Waals surface area (Å²) < 4.78 is 1.42. The van der Waals surface area contributed by atoms with Crippen LogP contribution >= 0.6 is 0 Å². The van der Waals surface area contributed by atoms with Gasteiger partial charge in [-0.2, -0.15) is 0 Å². The van der Waals surface area contributed by atoms with E-state index in [4.69, 9.17) is 10.2 Å². The van der Waals surface area contributed by atoms with Gasteiger partial charge in [-0.15, -0.1) is 0 Å². The number of rotatable bonds is 15. The normalized spacial score (nSPS) is 11.0. The fraction of sp³-hybridized carbons (Fsp3) is 0.533. The third-order valence-electron chi connectivity index (χ3n) is 6.55. The SMILES string of the molecule is CCCC[N+](CCCC)(CCCC)CCCC.O=C(O)c1ccccc1-c1ccccc1C(=O)O. The molecule has 0 bridgehead atoms. The number of aromatic carboxylic acids is 2. The van der Waals surface area contributed by atoms with Crippen LogP contribution in [-0.4, -0.2) is 52.8 Å². The molecule has 2 aromatic rings. The Morgan fingerprint density at radius 2 is 0.857 bits per heavy atom. The molecule has 2 aromatic carbocycles. The summed E-state index contributed by atoms with van der Waals surface area (Å²) in [6.45, 7) is 15.0. The molecule has 2 rings (SSSR count). The zero-order chi connectivity index (χ0) is 26.1. The monoisotopic (exact) mass is 484 g/mol. The highest BCUT2D eigenvalue weighted by molar-refractivity contribution is 6.02. The minimum Gasteiger partial charge on any atom is -0.478 e. The van der Waals surface area contributed by atoms with Crippen LogP contribution in [0, 0.1) is 0 Å². The molecule has 0 atom stereocenters. The van der Waals surface area contributed by atoms with Gasteiger partial charge in [0.2, 0.25) is 0 Å². The summed E-state index contributed by atoms with van der Waals surface area (Å²) in [5.74, 6) is -2.16. The minimum absolute atomic E-state index is 0.0891. The second kappa shape index (κ2) is 16.9. The maximum atomic E-state index is 11.1. The molecule has 0 fully saturated rings. The van der Waals surface area contributed by atoms with Crippen LogP contribution in [0.4, 0.5) is 0 Å². The molecule has 0 saturated heterocycles. The van der Waals surface area contributed by atoms with Gasteiger partial charge in [-0.3, -0.25) is 0 Å². The van der Waals surface area contributed by atoms with Gasteiger partial charge in [0.05, 0.1) is 37.3 Å². The minimum atomic E-state index is -1.08. The Labute approximate surface area is 212 Å². The molecule has 0 spiro atoms. The Balaban J connectivity index is 0.000000351. The van der Waals surface area contributed by atoms with Crippen molar-refractivity contribution < 1.29 is 24.3 Å². The Kier molecular flexibility index (Phi) is 14.6. The molecule has 0 radical (unpaired) electrons. The van der Waals surface area contributed by atoms with E-state index in [1.807, 2.05) is 0 Å². The number of hydrogen-bond donors (Lipinski definition) is 2. The van der Waals surface area contributed by atoms with E-state index < -0.39 is 11.9 Å². The van der Waals surface area contributed by atoms with Gasteiger partial charge in [-0.1, -0.05) is 89.8 Å². The van der Waals surface area contributed by atoms with Crippen molar-refractivity contribution in [2.24, 2.45) is 0 Å². The summed E-state index contributed by atoms with van der Waals surface area (Å²) in [6, 6.07) is 12.7. The number of carbonyl (C=O) groups is 2. The lowest BCUT2D eigenvalue weighted by atomic mass is 9.95. The Bertz CT molecular complexity index is 800. The average molecular weight is 485 g/mol. The Morgan fingerprint density at radius 3 is 1.11 bits per heavy atom. The van der Waals surface area contributed by atoms with Crippen molar-refractivity contribution in [3.05, 3.63) is 59.7 Å². The smallest absolute Gasteiger partial charge is 0.336 e. The largest absolute Gasteiger partial charge is 0.478 e. The number of quaternary nitrogens is 1. The van der Waals surface area contributed by atoms with Gasteiger partial charge in [0, 0.05) is 0 Å². The lowest BCUT2D eigenvalue weighted by Crippen LogP contribution is -2.50. The van der Waals surface area contributed by atoms with E-state index in [9.17, 15) is 9.59 Å². The van der Waals surface area contributed by atoms with Gasteiger partial charge in [-0.05, 0) is 48.9 Å². The van der Waals surface area contributed by atoms with E-state index in [0.717, 1.165) is 0 Å². The molecule has 194 valence electrons. The fourth-order valence-corrected chi connectivity index (χ4v) is 4.45. The molecule has 0 amide bonds. The van der Waals surface area contributed by atoms with Crippen LogP contribution < -0.4 is 0 Å². The Hall–Kier alpha value is -2.66. The highest BCUT2D eigenvalue weighted by Crippen LogP contribution is 2.27. The molecule has 0 aliphatic heterocycles. The van der Waals surface area contributed by atoms with Gasteiger partial charge >= 0.3 is 11.9 Å². The third kappa shape index (κ3) is 10.2. The second-order valence-electron chi connectivity index (χ2n) is 9.35. The highest BCUT2D eigenvalue weighted by atomic mass is 16.4. The van der Waals surface area contributed by atoms with Gasteiger partial charge in [0.1, 0.15) is 0 Å². The number of carboxylic acids is 2. The summed E-state index contributed by atoms with van der Waals surface area (Å²) in [4.78, 5) is 22.3. The number of carboxylic acid groups (broad SMARTS) is 2. The van der Waals surface area contributed by atoms with E-state index in [1.165, 1.54) is 94.2 Å². The van der Waals surface area contributed by atoms with Gasteiger partial charge in [-0.25, -0.2) is 9.59 Å². The lowest BCUT2D eigenvalue weighted by Gasteiger charge is -2.39. The number of unbranched alkanes of at least 4 members (excludes halogenated alkanes) is 4. The molecule has 5 heteroatoms. The summed E-state index contributed by atoms with van der Waals surface area (Å²) in [6.07, 6.45) is 11.1. The van der Waals surface area contributed by atoms with E-state index in [0.29, 0.717) is 11.1 Å². The summed E-state index contributed by atoms with van der Waals surface area (Å²) in [5.41, 5.74) is 0.989. The first kappa shape index (κ1) is 30.4. The van der Waals surface area contributed by atoms with Gasteiger partial charge in [0.15, 0.2) is 0 Å². The molecule has 0 heterocycles. The topological polar surface area (TPSA) is 74.6 Å². The summed E-state index contributed by atoms with van der Waals surface area (Å²) in [5, 5.41) is 18.2. The summed E-state index contributed by atoms with van der Waals surface area (Å²) in [7, 11) is 0. The molecule has 0 aromatic heterocycles. The zero-order valence-corrected chi connectivity index (χ0v) is 22.3. The van der Waals surface area contributed by atoms with Gasteiger partial charge in [0.25, 0.3) is 0 Å². The first-order valence-corrected chi connectivity index (χ1v) is 13.4. The van der Waals surface area contributed by atoms with Crippen molar-refractivity contribution in [2.45, 2.75) is 79.1 Å². The van der Waals surface area contributed by atoms with Crippen molar-refractivity contribution in [1.82, 2.24) is 0 Å². The second-order valence-corrected chi connectivity index (χ2v) is 9.35. The van der Waals surface area contributed by atoms with E-state index in [1.54, 1.807) is 36.4 Å². The maximum Gasteiger partial charge on any atom is 0.336 e. The van der Waals surface area contributed by atoms with Crippen LogP contribution in [0.3, 0.4) is 0 Å². The Morgan fingerprint density at radius 1 is 0.571 bits per heavy atom. The number of benzene rings is 2. The predicted octanol–water partition coefficient (Wildman–Crippen LogP) is 7.75. The molecule has 0 unspecified atom stereocenters. The van der Waals surface area contributed by atoms with Crippen molar-refractivity contribution in [3.63, 3.8) is 0 Å². The fourth-order valence-electron chi connectivity index (χ4n) is 4.45. The molecule has 2 N–H and O–H groups in total. The van der Waals surface area contributed by atoms with Crippen LogP contribution in [0.15, 0.2) is 48.5 Å². The van der Waals surface area contributed by atoms with Crippen LogP contribution in [0.5, 0.6) is 0 Å². The molecule has 0 aliphatic rings.